The molecule has 0 aliphatic heterocycles. The van der Waals surface area contributed by atoms with Gasteiger partial charge in [0.2, 0.25) is 0 Å². The van der Waals surface area contributed by atoms with Crippen LogP contribution in [0.15, 0.2) is 54.6 Å². The van der Waals surface area contributed by atoms with Gasteiger partial charge in [-0.3, -0.25) is 4.98 Å². The normalized spacial score (nSPS) is 12.3. The number of anilines is 1. The number of nitrogens with zero attached hydrogens (tertiary/aromatic N) is 1. The van der Waals surface area contributed by atoms with Crippen LogP contribution in [0.2, 0.25) is 0 Å². The lowest BCUT2D eigenvalue weighted by molar-refractivity contribution is 0.414. The van der Waals surface area contributed by atoms with Crippen LogP contribution >= 0.6 is 0 Å². The van der Waals surface area contributed by atoms with Crippen LogP contribution in [0, 0.1) is 0 Å². The van der Waals surface area contributed by atoms with Crippen molar-refractivity contribution in [2.75, 3.05) is 12.8 Å². The van der Waals surface area contributed by atoms with Gasteiger partial charge in [-0.15, -0.1) is 0 Å². The molecule has 0 fully saturated rings. The SMILES string of the molecule is COc1cccc(C(C)c2cc(N)c3ccccc3n2)c1. The van der Waals surface area contributed by atoms with Gasteiger partial charge in [-0.2, -0.15) is 0 Å². The molecule has 2 N–H and O–H groups in total. The highest BCUT2D eigenvalue weighted by atomic mass is 16.5. The summed E-state index contributed by atoms with van der Waals surface area (Å²) in [4.78, 5) is 4.75. The molecule has 3 rings (SSSR count). The van der Waals surface area contributed by atoms with Gasteiger partial charge in [0, 0.05) is 17.0 Å². The Labute approximate surface area is 124 Å². The van der Waals surface area contributed by atoms with E-state index in [0.717, 1.165) is 33.6 Å². The van der Waals surface area contributed by atoms with Gasteiger partial charge in [0.1, 0.15) is 5.75 Å². The molecule has 1 atom stereocenters. The molecular weight excluding hydrogens is 260 g/mol. The zero-order valence-corrected chi connectivity index (χ0v) is 12.2. The maximum absolute atomic E-state index is 6.16. The standard InChI is InChI=1S/C18H18N2O/c1-12(13-6-5-7-14(10-13)21-2)18-11-16(19)15-8-3-4-9-17(15)20-18/h3-12H,1-2H3,(H2,19,20). The Morgan fingerprint density at radius 3 is 2.67 bits per heavy atom. The first-order valence-corrected chi connectivity index (χ1v) is 6.98. The van der Waals surface area contributed by atoms with Gasteiger partial charge in [0.15, 0.2) is 0 Å². The average molecular weight is 278 g/mol. The van der Waals surface area contributed by atoms with Gasteiger partial charge < -0.3 is 10.5 Å². The summed E-state index contributed by atoms with van der Waals surface area (Å²) in [6.07, 6.45) is 0. The molecule has 1 unspecified atom stereocenters. The summed E-state index contributed by atoms with van der Waals surface area (Å²) >= 11 is 0. The van der Waals surface area contributed by atoms with Gasteiger partial charge in [-0.05, 0) is 29.8 Å². The summed E-state index contributed by atoms with van der Waals surface area (Å²) in [7, 11) is 1.68. The number of rotatable bonds is 3. The van der Waals surface area contributed by atoms with Crippen LogP contribution in [-0.2, 0) is 0 Å². The molecule has 3 aromatic rings. The quantitative estimate of drug-likeness (QED) is 0.788. The lowest BCUT2D eigenvalue weighted by Crippen LogP contribution is -2.02. The summed E-state index contributed by atoms with van der Waals surface area (Å²) < 4.78 is 5.29. The van der Waals surface area contributed by atoms with E-state index in [-0.39, 0.29) is 5.92 Å². The maximum atomic E-state index is 6.16. The van der Waals surface area contributed by atoms with Crippen molar-refractivity contribution in [3.63, 3.8) is 0 Å². The van der Waals surface area contributed by atoms with Crippen LogP contribution in [0.1, 0.15) is 24.1 Å². The minimum absolute atomic E-state index is 0.159. The van der Waals surface area contributed by atoms with Crippen LogP contribution in [0.3, 0.4) is 0 Å². The molecule has 0 spiro atoms. The van der Waals surface area contributed by atoms with E-state index in [1.165, 1.54) is 0 Å². The zero-order valence-electron chi connectivity index (χ0n) is 12.2. The second kappa shape index (κ2) is 5.44. The van der Waals surface area contributed by atoms with Crippen molar-refractivity contribution in [2.45, 2.75) is 12.8 Å². The molecule has 106 valence electrons. The van der Waals surface area contributed by atoms with Crippen molar-refractivity contribution >= 4 is 16.6 Å². The highest BCUT2D eigenvalue weighted by molar-refractivity contribution is 5.90. The molecule has 3 nitrogen and oxygen atoms in total. The van der Waals surface area contributed by atoms with Gasteiger partial charge in [0.25, 0.3) is 0 Å². The van der Waals surface area contributed by atoms with Crippen molar-refractivity contribution < 1.29 is 4.74 Å². The molecule has 3 heteroatoms. The van der Waals surface area contributed by atoms with Crippen molar-refractivity contribution in [1.29, 1.82) is 0 Å². The Morgan fingerprint density at radius 2 is 1.86 bits per heavy atom. The second-order valence-corrected chi connectivity index (χ2v) is 5.15. The van der Waals surface area contributed by atoms with Gasteiger partial charge in [-0.25, -0.2) is 0 Å². The van der Waals surface area contributed by atoms with Crippen molar-refractivity contribution in [1.82, 2.24) is 4.98 Å². The Hall–Kier alpha value is -2.55. The van der Waals surface area contributed by atoms with E-state index in [2.05, 4.69) is 13.0 Å². The van der Waals surface area contributed by atoms with Crippen LogP contribution in [-0.4, -0.2) is 12.1 Å². The molecule has 0 aliphatic rings. The third kappa shape index (κ3) is 2.55. The second-order valence-electron chi connectivity index (χ2n) is 5.15. The molecule has 0 bridgehead atoms. The first-order valence-electron chi connectivity index (χ1n) is 6.98. The number of nitrogens with two attached hydrogens (primary N) is 1. The third-order valence-corrected chi connectivity index (χ3v) is 3.81. The molecule has 1 aromatic heterocycles. The zero-order chi connectivity index (χ0) is 14.8. The number of aromatic nitrogens is 1. The fraction of sp³-hybridized carbons (Fsp3) is 0.167. The van der Waals surface area contributed by atoms with E-state index in [4.69, 9.17) is 15.5 Å². The molecule has 1 heterocycles. The fourth-order valence-corrected chi connectivity index (χ4v) is 2.53. The number of pyridine rings is 1. The molecule has 0 saturated carbocycles. The highest BCUT2D eigenvalue weighted by Gasteiger charge is 2.13. The lowest BCUT2D eigenvalue weighted by Gasteiger charge is -2.14. The van der Waals surface area contributed by atoms with Crippen molar-refractivity contribution in [2.24, 2.45) is 0 Å². The Kier molecular flexibility index (Phi) is 3.48. The number of nitrogen functional groups attached to an aromatic ring is 1. The number of hydrogen-bond acceptors (Lipinski definition) is 3. The van der Waals surface area contributed by atoms with E-state index in [1.54, 1.807) is 7.11 Å². The third-order valence-electron chi connectivity index (χ3n) is 3.81. The minimum atomic E-state index is 0.159. The summed E-state index contributed by atoms with van der Waals surface area (Å²) in [6.45, 7) is 2.13. The summed E-state index contributed by atoms with van der Waals surface area (Å²) in [5.74, 6) is 1.01. The molecule has 0 aliphatic carbocycles. The first kappa shape index (κ1) is 13.4. The van der Waals surface area contributed by atoms with E-state index < -0.39 is 0 Å². The number of methoxy groups -OCH3 is 1. The Bertz CT molecular complexity index is 783. The van der Waals surface area contributed by atoms with Gasteiger partial charge >= 0.3 is 0 Å². The number of para-hydroxylation sites is 1. The topological polar surface area (TPSA) is 48.1 Å². The molecule has 0 radical (unpaired) electrons. The predicted molar refractivity (Wildman–Crippen MR) is 86.7 cm³/mol. The molecule has 0 amide bonds. The van der Waals surface area contributed by atoms with Crippen LogP contribution < -0.4 is 10.5 Å². The highest BCUT2D eigenvalue weighted by Crippen LogP contribution is 2.29. The smallest absolute Gasteiger partial charge is 0.119 e. The van der Waals surface area contributed by atoms with Gasteiger partial charge in [-0.1, -0.05) is 37.3 Å². The van der Waals surface area contributed by atoms with E-state index >= 15 is 0 Å². The lowest BCUT2D eigenvalue weighted by atomic mass is 9.96. The largest absolute Gasteiger partial charge is 0.497 e. The number of ether oxygens (including phenoxy) is 1. The summed E-state index contributed by atoms with van der Waals surface area (Å²) in [6, 6.07) is 18.0. The van der Waals surface area contributed by atoms with E-state index in [0.29, 0.717) is 0 Å². The fourth-order valence-electron chi connectivity index (χ4n) is 2.53. The monoisotopic (exact) mass is 278 g/mol. The Morgan fingerprint density at radius 1 is 1.05 bits per heavy atom. The van der Waals surface area contributed by atoms with Crippen LogP contribution in [0.4, 0.5) is 5.69 Å². The Balaban J connectivity index is 2.06. The maximum Gasteiger partial charge on any atom is 0.119 e. The number of fused-ring (bicyclic) bond motifs is 1. The predicted octanol–water partition coefficient (Wildman–Crippen LogP) is 3.98. The van der Waals surface area contributed by atoms with E-state index in [1.807, 2.05) is 48.5 Å². The summed E-state index contributed by atoms with van der Waals surface area (Å²) in [5, 5.41) is 0.999. The minimum Gasteiger partial charge on any atom is -0.497 e. The van der Waals surface area contributed by atoms with E-state index in [9.17, 15) is 0 Å². The van der Waals surface area contributed by atoms with Crippen LogP contribution in [0.25, 0.3) is 10.9 Å². The van der Waals surface area contributed by atoms with Crippen molar-refractivity contribution in [3.8, 4) is 5.75 Å². The van der Waals surface area contributed by atoms with Gasteiger partial charge in [0.05, 0.1) is 18.3 Å². The van der Waals surface area contributed by atoms with Crippen LogP contribution in [0.5, 0.6) is 5.75 Å². The molecular formula is C18H18N2O. The number of hydrogen-bond donors (Lipinski definition) is 1. The summed E-state index contributed by atoms with van der Waals surface area (Å²) in [5.41, 5.74) is 10.0. The molecule has 0 saturated heterocycles. The average Bonchev–Trinajstić information content (AvgIpc) is 2.54. The molecule has 2 aromatic carbocycles. The van der Waals surface area contributed by atoms with Crippen molar-refractivity contribution in [3.05, 3.63) is 65.9 Å². The number of benzene rings is 2. The molecule has 21 heavy (non-hydrogen) atoms. The first-order chi connectivity index (χ1) is 10.2.